The molecule has 0 aromatic heterocycles. The molecule has 1 rings (SSSR count). The van der Waals surface area contributed by atoms with Crippen molar-refractivity contribution in [3.8, 4) is 0 Å². The highest BCUT2D eigenvalue weighted by Gasteiger charge is 2.09. The van der Waals surface area contributed by atoms with Gasteiger partial charge in [0.25, 0.3) is 0 Å². The van der Waals surface area contributed by atoms with E-state index in [1.54, 1.807) is 0 Å². The van der Waals surface area contributed by atoms with Gasteiger partial charge in [-0.15, -0.1) is 0 Å². The maximum atomic E-state index is 4.46. The van der Waals surface area contributed by atoms with Crippen LogP contribution in [0.2, 0.25) is 0 Å². The Morgan fingerprint density at radius 2 is 2.08 bits per heavy atom. The van der Waals surface area contributed by atoms with E-state index in [0.717, 1.165) is 5.84 Å². The van der Waals surface area contributed by atoms with Crippen LogP contribution in [-0.2, 0) is 0 Å². The first-order chi connectivity index (χ1) is 5.61. The second-order valence-corrected chi connectivity index (χ2v) is 3.46. The summed E-state index contributed by atoms with van der Waals surface area (Å²) in [6.45, 7) is 8.36. The van der Waals surface area contributed by atoms with E-state index in [4.69, 9.17) is 0 Å². The molecule has 0 fully saturated rings. The molecular formula is C10H16N2. The van der Waals surface area contributed by atoms with Crippen molar-refractivity contribution in [3.63, 3.8) is 0 Å². The van der Waals surface area contributed by atoms with Gasteiger partial charge in [-0.3, -0.25) is 4.99 Å². The van der Waals surface area contributed by atoms with Gasteiger partial charge in [0.05, 0.1) is 0 Å². The molecule has 0 bridgehead atoms. The normalized spacial score (nSPS) is 19.1. The molecule has 2 heteroatoms. The number of hydrogen-bond acceptors (Lipinski definition) is 1. The first kappa shape index (κ1) is 9.04. The molecule has 2 nitrogen and oxygen atoms in total. The monoisotopic (exact) mass is 164 g/mol. The van der Waals surface area contributed by atoms with E-state index in [0.29, 0.717) is 6.04 Å². The fraction of sp³-hybridized carbons (Fsp3) is 0.500. The smallest absolute Gasteiger partial charge is 0.132 e. The van der Waals surface area contributed by atoms with E-state index >= 15 is 0 Å². The minimum atomic E-state index is 0.349. The summed E-state index contributed by atoms with van der Waals surface area (Å²) in [7, 11) is 0. The van der Waals surface area contributed by atoms with Crippen molar-refractivity contribution in [2.75, 3.05) is 0 Å². The van der Waals surface area contributed by atoms with Gasteiger partial charge in [-0.05, 0) is 33.8 Å². The average molecular weight is 164 g/mol. The minimum Gasteiger partial charge on any atom is -0.346 e. The highest BCUT2D eigenvalue weighted by molar-refractivity contribution is 6.04. The number of nitrogens with zero attached hydrogens (tertiary/aromatic N) is 1. The van der Waals surface area contributed by atoms with E-state index in [1.807, 2.05) is 6.20 Å². The lowest BCUT2D eigenvalue weighted by Gasteiger charge is -2.04. The molecule has 0 aliphatic carbocycles. The van der Waals surface area contributed by atoms with Gasteiger partial charge in [0.2, 0.25) is 0 Å². The summed E-state index contributed by atoms with van der Waals surface area (Å²) in [6, 6.07) is 0.349. The minimum absolute atomic E-state index is 0.349. The zero-order valence-corrected chi connectivity index (χ0v) is 8.18. The lowest BCUT2D eigenvalue weighted by molar-refractivity contribution is 0.830. The molecule has 0 amide bonds. The van der Waals surface area contributed by atoms with Crippen LogP contribution in [0.1, 0.15) is 27.7 Å². The third kappa shape index (κ3) is 1.97. The summed E-state index contributed by atoms with van der Waals surface area (Å²) < 4.78 is 0. The van der Waals surface area contributed by atoms with Gasteiger partial charge in [-0.2, -0.15) is 0 Å². The lowest BCUT2D eigenvalue weighted by Crippen LogP contribution is -2.15. The van der Waals surface area contributed by atoms with Crippen LogP contribution < -0.4 is 5.32 Å². The highest BCUT2D eigenvalue weighted by atomic mass is 15.0. The molecule has 0 saturated heterocycles. The molecule has 1 aliphatic rings. The van der Waals surface area contributed by atoms with Crippen molar-refractivity contribution in [2.45, 2.75) is 33.7 Å². The van der Waals surface area contributed by atoms with E-state index < -0.39 is 0 Å². The second-order valence-electron chi connectivity index (χ2n) is 3.46. The molecule has 12 heavy (non-hydrogen) atoms. The van der Waals surface area contributed by atoms with Crippen molar-refractivity contribution >= 4 is 5.84 Å². The molecule has 0 saturated carbocycles. The van der Waals surface area contributed by atoms with Crippen molar-refractivity contribution < 1.29 is 0 Å². The van der Waals surface area contributed by atoms with E-state index in [2.05, 4.69) is 44.1 Å². The van der Waals surface area contributed by atoms with Crippen molar-refractivity contribution in [1.82, 2.24) is 5.32 Å². The lowest BCUT2D eigenvalue weighted by atomic mass is 10.1. The SMILES string of the molecule is CC(C)=C1C=CNC1=NC(C)C. The molecule has 0 unspecified atom stereocenters. The van der Waals surface area contributed by atoms with Crippen LogP contribution in [0.15, 0.2) is 28.4 Å². The first-order valence-corrected chi connectivity index (χ1v) is 4.30. The molecule has 1 aliphatic heterocycles. The average Bonchev–Trinajstić information content (AvgIpc) is 2.33. The zero-order chi connectivity index (χ0) is 9.14. The third-order valence-electron chi connectivity index (χ3n) is 1.65. The van der Waals surface area contributed by atoms with Crippen LogP contribution in [0.25, 0.3) is 0 Å². The first-order valence-electron chi connectivity index (χ1n) is 4.30. The van der Waals surface area contributed by atoms with Crippen LogP contribution in [0, 0.1) is 0 Å². The van der Waals surface area contributed by atoms with Crippen LogP contribution in [0.3, 0.4) is 0 Å². The Morgan fingerprint density at radius 1 is 1.42 bits per heavy atom. The Morgan fingerprint density at radius 3 is 2.58 bits per heavy atom. The Balaban J connectivity index is 2.90. The Hall–Kier alpha value is -1.05. The van der Waals surface area contributed by atoms with Gasteiger partial charge in [0.1, 0.15) is 5.84 Å². The summed E-state index contributed by atoms with van der Waals surface area (Å²) in [5, 5.41) is 3.13. The van der Waals surface area contributed by atoms with Crippen molar-refractivity contribution in [3.05, 3.63) is 23.4 Å². The molecule has 0 radical (unpaired) electrons. The van der Waals surface area contributed by atoms with Gasteiger partial charge in [0, 0.05) is 17.8 Å². The highest BCUT2D eigenvalue weighted by Crippen LogP contribution is 2.11. The summed E-state index contributed by atoms with van der Waals surface area (Å²) in [5.74, 6) is 1.00. The molecule has 0 spiro atoms. The number of rotatable bonds is 1. The number of nitrogens with one attached hydrogen (secondary N) is 1. The van der Waals surface area contributed by atoms with E-state index in [1.165, 1.54) is 11.1 Å². The number of aliphatic imine (C=N–C) groups is 1. The number of allylic oxidation sites excluding steroid dienone is 1. The van der Waals surface area contributed by atoms with Gasteiger partial charge >= 0.3 is 0 Å². The molecular weight excluding hydrogens is 148 g/mol. The second kappa shape index (κ2) is 3.57. The number of hydrogen-bond donors (Lipinski definition) is 1. The third-order valence-corrected chi connectivity index (χ3v) is 1.65. The quantitative estimate of drug-likeness (QED) is 0.631. The van der Waals surface area contributed by atoms with Gasteiger partial charge in [-0.1, -0.05) is 5.57 Å². The van der Waals surface area contributed by atoms with E-state index in [9.17, 15) is 0 Å². The molecule has 0 atom stereocenters. The van der Waals surface area contributed by atoms with Crippen molar-refractivity contribution in [1.29, 1.82) is 0 Å². The van der Waals surface area contributed by atoms with Gasteiger partial charge in [-0.25, -0.2) is 0 Å². The maximum absolute atomic E-state index is 4.46. The Kier molecular flexibility index (Phi) is 2.69. The zero-order valence-electron chi connectivity index (χ0n) is 8.18. The molecule has 66 valence electrons. The topological polar surface area (TPSA) is 24.4 Å². The summed E-state index contributed by atoms with van der Waals surface area (Å²) >= 11 is 0. The summed E-state index contributed by atoms with van der Waals surface area (Å²) in [6.07, 6.45) is 4.00. The summed E-state index contributed by atoms with van der Waals surface area (Å²) in [4.78, 5) is 4.46. The Bertz CT molecular complexity index is 253. The molecule has 0 aromatic rings. The standard InChI is InChI=1S/C10H16N2/c1-7(2)9-5-6-11-10(9)12-8(3)4/h5-6,8H,1-4H3,(H,11,12). The predicted molar refractivity (Wildman–Crippen MR) is 53.2 cm³/mol. The van der Waals surface area contributed by atoms with Crippen LogP contribution in [0.4, 0.5) is 0 Å². The van der Waals surface area contributed by atoms with Gasteiger partial charge in [0.15, 0.2) is 0 Å². The maximum Gasteiger partial charge on any atom is 0.132 e. The van der Waals surface area contributed by atoms with Crippen LogP contribution in [0.5, 0.6) is 0 Å². The number of amidine groups is 1. The molecule has 0 aromatic carbocycles. The van der Waals surface area contributed by atoms with Crippen LogP contribution in [-0.4, -0.2) is 11.9 Å². The van der Waals surface area contributed by atoms with Crippen molar-refractivity contribution in [2.24, 2.45) is 4.99 Å². The fourth-order valence-corrected chi connectivity index (χ4v) is 1.13. The fourth-order valence-electron chi connectivity index (χ4n) is 1.13. The Labute approximate surface area is 74.1 Å². The largest absolute Gasteiger partial charge is 0.346 e. The summed E-state index contributed by atoms with van der Waals surface area (Å²) in [5.41, 5.74) is 2.53. The predicted octanol–water partition coefficient (Wildman–Crippen LogP) is 2.25. The molecule has 1 N–H and O–H groups in total. The molecule has 1 heterocycles. The van der Waals surface area contributed by atoms with E-state index in [-0.39, 0.29) is 0 Å². The van der Waals surface area contributed by atoms with Gasteiger partial charge < -0.3 is 5.32 Å². The van der Waals surface area contributed by atoms with Crippen LogP contribution >= 0.6 is 0 Å².